The highest BCUT2D eigenvalue weighted by Crippen LogP contribution is 2.42. The van der Waals surface area contributed by atoms with Crippen LogP contribution in [0.25, 0.3) is 0 Å². The Morgan fingerprint density at radius 1 is 0.800 bits per heavy atom. The van der Waals surface area contributed by atoms with Crippen molar-refractivity contribution in [2.24, 2.45) is 4.99 Å². The molecule has 30 heavy (non-hydrogen) atoms. The number of ether oxygens (including phenoxy) is 1. The summed E-state index contributed by atoms with van der Waals surface area (Å²) in [5, 5.41) is 0. The van der Waals surface area contributed by atoms with Gasteiger partial charge in [0.15, 0.2) is 5.54 Å². The van der Waals surface area contributed by atoms with Gasteiger partial charge in [-0.15, -0.1) is 0 Å². The van der Waals surface area contributed by atoms with Crippen LogP contribution in [0.3, 0.4) is 0 Å². The first-order valence-corrected chi connectivity index (χ1v) is 10.3. The predicted octanol–water partition coefficient (Wildman–Crippen LogP) is 5.82. The number of rotatable bonds is 7. The molecule has 0 aliphatic heterocycles. The molecule has 0 fully saturated rings. The van der Waals surface area contributed by atoms with Crippen LogP contribution < -0.4 is 0 Å². The molecular formula is C27H29NO2. The molecule has 0 spiro atoms. The lowest BCUT2D eigenvalue weighted by Gasteiger charge is -2.42. The molecule has 0 aliphatic rings. The average Bonchev–Trinajstić information content (AvgIpc) is 2.82. The normalized spacial score (nSPS) is 14.8. The van der Waals surface area contributed by atoms with Gasteiger partial charge < -0.3 is 4.74 Å². The van der Waals surface area contributed by atoms with E-state index in [1.54, 1.807) is 0 Å². The monoisotopic (exact) mass is 399 g/mol. The number of hydrogen-bond donors (Lipinski definition) is 0. The minimum Gasteiger partial charge on any atom is -0.467 e. The van der Waals surface area contributed by atoms with E-state index >= 15 is 0 Å². The van der Waals surface area contributed by atoms with Crippen molar-refractivity contribution in [1.82, 2.24) is 0 Å². The van der Waals surface area contributed by atoms with E-state index in [1.807, 2.05) is 85.8 Å². The van der Waals surface area contributed by atoms with E-state index in [4.69, 9.17) is 9.73 Å². The van der Waals surface area contributed by atoms with Crippen molar-refractivity contribution in [3.8, 4) is 0 Å². The summed E-state index contributed by atoms with van der Waals surface area (Å²) in [6.45, 7) is 6.08. The first-order valence-electron chi connectivity index (χ1n) is 10.3. The lowest BCUT2D eigenvalue weighted by Crippen LogP contribution is -2.53. The molecule has 0 N–H and O–H groups in total. The fourth-order valence-electron chi connectivity index (χ4n) is 3.94. The zero-order valence-electron chi connectivity index (χ0n) is 18.1. The molecule has 3 aromatic carbocycles. The van der Waals surface area contributed by atoms with E-state index in [-0.39, 0.29) is 5.97 Å². The number of carbonyl (C=O) groups is 1. The molecule has 0 saturated heterocycles. The van der Waals surface area contributed by atoms with Crippen molar-refractivity contribution in [2.75, 3.05) is 7.11 Å². The van der Waals surface area contributed by atoms with Crippen LogP contribution in [-0.4, -0.2) is 24.3 Å². The van der Waals surface area contributed by atoms with Crippen LogP contribution >= 0.6 is 0 Å². The standard InChI is InChI=1S/C27H29NO2/c1-5-26(2,23-19-13-8-14-20-23)27(3,25(29)30-4)28-24(21-15-9-6-10-16-21)22-17-11-7-12-18-22/h6-20H,5H2,1-4H3. The Morgan fingerprint density at radius 2 is 1.23 bits per heavy atom. The van der Waals surface area contributed by atoms with Gasteiger partial charge in [0.05, 0.1) is 12.8 Å². The summed E-state index contributed by atoms with van der Waals surface area (Å²) >= 11 is 0. The van der Waals surface area contributed by atoms with Gasteiger partial charge in [0, 0.05) is 16.5 Å². The highest BCUT2D eigenvalue weighted by atomic mass is 16.5. The van der Waals surface area contributed by atoms with E-state index in [0.29, 0.717) is 0 Å². The topological polar surface area (TPSA) is 38.7 Å². The third-order valence-electron chi connectivity index (χ3n) is 6.21. The number of aliphatic imine (C=N–C) groups is 1. The van der Waals surface area contributed by atoms with E-state index in [2.05, 4.69) is 26.0 Å². The Hall–Kier alpha value is -3.20. The lowest BCUT2D eigenvalue weighted by molar-refractivity contribution is -0.149. The molecule has 0 radical (unpaired) electrons. The summed E-state index contributed by atoms with van der Waals surface area (Å²) in [5.74, 6) is -0.347. The average molecular weight is 400 g/mol. The summed E-state index contributed by atoms with van der Waals surface area (Å²) in [6.07, 6.45) is 0.725. The smallest absolute Gasteiger partial charge is 0.334 e. The third kappa shape index (κ3) is 3.93. The molecule has 2 unspecified atom stereocenters. The zero-order chi connectivity index (χ0) is 21.6. The van der Waals surface area contributed by atoms with Gasteiger partial charge in [0.25, 0.3) is 0 Å². The van der Waals surface area contributed by atoms with Gasteiger partial charge in [-0.1, -0.05) is 105 Å². The quantitative estimate of drug-likeness (QED) is 0.371. The van der Waals surface area contributed by atoms with Crippen molar-refractivity contribution in [1.29, 1.82) is 0 Å². The maximum absolute atomic E-state index is 13.3. The fraction of sp³-hybridized carbons (Fsp3) is 0.259. The Morgan fingerprint density at radius 3 is 1.63 bits per heavy atom. The van der Waals surface area contributed by atoms with Crippen LogP contribution in [0.2, 0.25) is 0 Å². The van der Waals surface area contributed by atoms with Gasteiger partial charge in [0.1, 0.15) is 0 Å². The van der Waals surface area contributed by atoms with E-state index in [1.165, 1.54) is 7.11 Å². The molecule has 3 rings (SSSR count). The summed E-state index contributed by atoms with van der Waals surface area (Å²) in [4.78, 5) is 18.5. The summed E-state index contributed by atoms with van der Waals surface area (Å²) < 4.78 is 5.31. The molecule has 154 valence electrons. The molecule has 0 saturated carbocycles. The van der Waals surface area contributed by atoms with Crippen LogP contribution in [0, 0.1) is 0 Å². The number of nitrogens with zero attached hydrogens (tertiary/aromatic N) is 1. The number of methoxy groups -OCH3 is 1. The molecule has 0 bridgehead atoms. The highest BCUT2D eigenvalue weighted by molar-refractivity contribution is 6.14. The van der Waals surface area contributed by atoms with Crippen LogP contribution in [0.4, 0.5) is 0 Å². The van der Waals surface area contributed by atoms with Gasteiger partial charge >= 0.3 is 5.97 Å². The third-order valence-corrected chi connectivity index (χ3v) is 6.21. The zero-order valence-corrected chi connectivity index (χ0v) is 18.1. The van der Waals surface area contributed by atoms with Crippen molar-refractivity contribution in [2.45, 2.75) is 38.1 Å². The van der Waals surface area contributed by atoms with Crippen molar-refractivity contribution in [3.63, 3.8) is 0 Å². The maximum atomic E-state index is 13.3. The molecule has 3 nitrogen and oxygen atoms in total. The van der Waals surface area contributed by atoms with E-state index < -0.39 is 11.0 Å². The van der Waals surface area contributed by atoms with Gasteiger partial charge in [-0.2, -0.15) is 0 Å². The molecule has 2 atom stereocenters. The first kappa shape index (κ1) is 21.5. The SMILES string of the molecule is CCC(C)(c1ccccc1)C(C)(N=C(c1ccccc1)c1ccccc1)C(=O)OC. The fourth-order valence-corrected chi connectivity index (χ4v) is 3.94. The number of carbonyl (C=O) groups excluding carboxylic acids is 1. The lowest BCUT2D eigenvalue weighted by atomic mass is 9.65. The second-order valence-corrected chi connectivity index (χ2v) is 7.81. The van der Waals surface area contributed by atoms with E-state index in [0.717, 1.165) is 28.8 Å². The second-order valence-electron chi connectivity index (χ2n) is 7.81. The summed E-state index contributed by atoms with van der Waals surface area (Å²) in [6, 6.07) is 30.1. The molecule has 0 aromatic heterocycles. The Bertz CT molecular complexity index is 957. The molecule has 3 aromatic rings. The van der Waals surface area contributed by atoms with Gasteiger partial charge in [-0.25, -0.2) is 4.79 Å². The van der Waals surface area contributed by atoms with E-state index in [9.17, 15) is 4.79 Å². The highest BCUT2D eigenvalue weighted by Gasteiger charge is 2.51. The summed E-state index contributed by atoms with van der Waals surface area (Å²) in [7, 11) is 1.43. The van der Waals surface area contributed by atoms with Crippen LogP contribution in [0.15, 0.2) is 96.0 Å². The Labute approximate surface area is 179 Å². The number of hydrogen-bond acceptors (Lipinski definition) is 3. The molecular weight excluding hydrogens is 370 g/mol. The van der Waals surface area contributed by atoms with Crippen LogP contribution in [-0.2, 0) is 14.9 Å². The van der Waals surface area contributed by atoms with Crippen molar-refractivity contribution < 1.29 is 9.53 Å². The van der Waals surface area contributed by atoms with Gasteiger partial charge in [-0.3, -0.25) is 4.99 Å². The molecule has 0 aliphatic carbocycles. The molecule has 3 heteroatoms. The van der Waals surface area contributed by atoms with Gasteiger partial charge in [-0.05, 0) is 18.9 Å². The first-order chi connectivity index (χ1) is 14.5. The van der Waals surface area contributed by atoms with Crippen molar-refractivity contribution in [3.05, 3.63) is 108 Å². The molecule has 0 heterocycles. The van der Waals surface area contributed by atoms with Gasteiger partial charge in [0.2, 0.25) is 0 Å². The minimum atomic E-state index is -1.13. The minimum absolute atomic E-state index is 0.347. The number of benzene rings is 3. The Balaban J connectivity index is 2.30. The van der Waals surface area contributed by atoms with Crippen molar-refractivity contribution >= 4 is 11.7 Å². The molecule has 0 amide bonds. The van der Waals surface area contributed by atoms with Crippen LogP contribution in [0.1, 0.15) is 43.9 Å². The predicted molar refractivity (Wildman–Crippen MR) is 123 cm³/mol. The largest absolute Gasteiger partial charge is 0.467 e. The second kappa shape index (κ2) is 9.08. The Kier molecular flexibility index (Phi) is 6.51. The summed E-state index contributed by atoms with van der Waals surface area (Å²) in [5.41, 5.74) is 2.08. The van der Waals surface area contributed by atoms with Crippen LogP contribution in [0.5, 0.6) is 0 Å². The number of esters is 1. The maximum Gasteiger partial charge on any atom is 0.334 e.